The van der Waals surface area contributed by atoms with E-state index in [9.17, 15) is 9.59 Å². The second-order valence-corrected chi connectivity index (χ2v) is 6.26. The molecule has 130 valence electrons. The monoisotopic (exact) mass is 338 g/mol. The summed E-state index contributed by atoms with van der Waals surface area (Å²) in [7, 11) is 0. The van der Waals surface area contributed by atoms with Crippen LogP contribution >= 0.6 is 0 Å². The predicted octanol–water partition coefficient (Wildman–Crippen LogP) is 3.81. The molecule has 2 aromatic carbocycles. The van der Waals surface area contributed by atoms with Crippen LogP contribution in [0.4, 0.5) is 4.79 Å². The topological polar surface area (TPSA) is 67.4 Å². The lowest BCUT2D eigenvalue weighted by molar-refractivity contribution is -0.144. The third kappa shape index (κ3) is 3.36. The lowest BCUT2D eigenvalue weighted by Gasteiger charge is -2.29. The molecule has 25 heavy (non-hydrogen) atoms. The molecule has 2 aromatic rings. The van der Waals surface area contributed by atoms with E-state index in [1.807, 2.05) is 56.3 Å². The molecule has 0 saturated carbocycles. The Morgan fingerprint density at radius 3 is 2.68 bits per heavy atom. The summed E-state index contributed by atoms with van der Waals surface area (Å²) in [4.78, 5) is 24.8. The Morgan fingerprint density at radius 1 is 1.20 bits per heavy atom. The van der Waals surface area contributed by atoms with Gasteiger partial charge in [0.2, 0.25) is 0 Å². The van der Waals surface area contributed by atoms with Crippen molar-refractivity contribution in [2.75, 3.05) is 0 Å². The minimum absolute atomic E-state index is 0.182. The second-order valence-electron chi connectivity index (χ2n) is 6.26. The van der Waals surface area contributed by atoms with Crippen LogP contribution in [0.15, 0.2) is 53.7 Å². The fraction of sp³-hybridized carbons (Fsp3) is 0.300. The molecule has 1 aliphatic rings. The van der Waals surface area contributed by atoms with Crippen molar-refractivity contribution in [2.24, 2.45) is 0 Å². The normalized spacial score (nSPS) is 18.5. The molecular formula is C20H22N2O3. The van der Waals surface area contributed by atoms with E-state index in [-0.39, 0.29) is 12.1 Å². The van der Waals surface area contributed by atoms with Gasteiger partial charge in [0.25, 0.3) is 0 Å². The summed E-state index contributed by atoms with van der Waals surface area (Å²) in [5, 5.41) is 7.60. The number of rotatable bonds is 4. The zero-order valence-electron chi connectivity index (χ0n) is 14.6. The number of benzene rings is 2. The van der Waals surface area contributed by atoms with Gasteiger partial charge in [0.1, 0.15) is 0 Å². The van der Waals surface area contributed by atoms with Crippen molar-refractivity contribution in [3.8, 4) is 0 Å². The molecule has 5 nitrogen and oxygen atoms in total. The van der Waals surface area contributed by atoms with Gasteiger partial charge in [0.05, 0.1) is 17.7 Å². The minimum Gasteiger partial charge on any atom is -0.459 e. The van der Waals surface area contributed by atoms with E-state index in [0.717, 1.165) is 22.8 Å². The first kappa shape index (κ1) is 17.0. The fourth-order valence-corrected chi connectivity index (χ4v) is 3.03. The van der Waals surface area contributed by atoms with Crippen LogP contribution in [0.2, 0.25) is 0 Å². The molecule has 5 heteroatoms. The van der Waals surface area contributed by atoms with Crippen molar-refractivity contribution in [1.29, 1.82) is 0 Å². The van der Waals surface area contributed by atoms with Crippen molar-refractivity contribution >= 4 is 22.8 Å². The Labute approximate surface area is 147 Å². The maximum absolute atomic E-state index is 12.7. The van der Waals surface area contributed by atoms with Crippen LogP contribution in [0.1, 0.15) is 38.8 Å². The van der Waals surface area contributed by atoms with Crippen molar-refractivity contribution in [1.82, 2.24) is 10.6 Å². The third-order valence-corrected chi connectivity index (χ3v) is 4.51. The largest absolute Gasteiger partial charge is 0.459 e. The number of carbonyl (C=O) groups excluding carboxylic acids is 2. The van der Waals surface area contributed by atoms with E-state index in [2.05, 4.69) is 10.6 Å². The van der Waals surface area contributed by atoms with Gasteiger partial charge in [-0.3, -0.25) is 0 Å². The average molecular weight is 338 g/mol. The van der Waals surface area contributed by atoms with Crippen LogP contribution in [-0.2, 0) is 9.53 Å². The minimum atomic E-state index is -0.545. The highest BCUT2D eigenvalue weighted by atomic mass is 16.5. The van der Waals surface area contributed by atoms with Gasteiger partial charge in [-0.05, 0) is 36.6 Å². The molecule has 2 N–H and O–H groups in total. The molecule has 1 heterocycles. The van der Waals surface area contributed by atoms with Gasteiger partial charge in [-0.1, -0.05) is 49.4 Å². The van der Waals surface area contributed by atoms with E-state index in [4.69, 9.17) is 4.74 Å². The maximum atomic E-state index is 12.7. The Morgan fingerprint density at radius 2 is 1.92 bits per heavy atom. The summed E-state index contributed by atoms with van der Waals surface area (Å²) >= 11 is 0. The van der Waals surface area contributed by atoms with E-state index >= 15 is 0 Å². The van der Waals surface area contributed by atoms with E-state index in [1.165, 1.54) is 0 Å². The van der Waals surface area contributed by atoms with Crippen molar-refractivity contribution in [3.63, 3.8) is 0 Å². The SMILES string of the molecule is CC[C@H](C)OC(=O)C1=C(C)NC(=O)N[C@@H]1c1cccc2ccccc12. The highest BCUT2D eigenvalue weighted by Gasteiger charge is 2.33. The van der Waals surface area contributed by atoms with Gasteiger partial charge in [0, 0.05) is 5.70 Å². The first-order valence-electron chi connectivity index (χ1n) is 8.48. The smallest absolute Gasteiger partial charge is 0.338 e. The standard InChI is InChI=1S/C20H22N2O3/c1-4-12(2)25-19(23)17-13(3)21-20(24)22-18(17)16-11-7-9-14-8-5-6-10-15(14)16/h5-12,18H,4H2,1-3H3,(H2,21,22,24)/t12-,18+/m0/s1. The number of urea groups is 1. The molecule has 0 radical (unpaired) electrons. The summed E-state index contributed by atoms with van der Waals surface area (Å²) in [5.74, 6) is -0.405. The molecule has 0 unspecified atom stereocenters. The molecule has 1 aliphatic heterocycles. The van der Waals surface area contributed by atoms with Gasteiger partial charge in [-0.25, -0.2) is 9.59 Å². The molecule has 2 amide bonds. The van der Waals surface area contributed by atoms with Crippen LogP contribution < -0.4 is 10.6 Å². The Kier molecular flexibility index (Phi) is 4.74. The maximum Gasteiger partial charge on any atom is 0.338 e. The van der Waals surface area contributed by atoms with Crippen molar-refractivity contribution in [3.05, 3.63) is 59.3 Å². The molecule has 0 saturated heterocycles. The third-order valence-electron chi connectivity index (χ3n) is 4.51. The first-order chi connectivity index (χ1) is 12.0. The number of fused-ring (bicyclic) bond motifs is 1. The zero-order valence-corrected chi connectivity index (χ0v) is 14.6. The van der Waals surface area contributed by atoms with Gasteiger partial charge in [0.15, 0.2) is 0 Å². The van der Waals surface area contributed by atoms with Crippen LogP contribution in [0.3, 0.4) is 0 Å². The van der Waals surface area contributed by atoms with Crippen LogP contribution in [-0.4, -0.2) is 18.1 Å². The van der Waals surface area contributed by atoms with Gasteiger partial charge < -0.3 is 15.4 Å². The summed E-state index contributed by atoms with van der Waals surface area (Å²) in [6.45, 7) is 5.54. The molecule has 3 rings (SSSR count). The highest BCUT2D eigenvalue weighted by molar-refractivity contribution is 5.97. The number of ether oxygens (including phenoxy) is 1. The number of hydrogen-bond donors (Lipinski definition) is 2. The molecule has 0 bridgehead atoms. The lowest BCUT2D eigenvalue weighted by Crippen LogP contribution is -2.45. The molecule has 0 aromatic heterocycles. The predicted molar refractivity (Wildman–Crippen MR) is 96.9 cm³/mol. The number of allylic oxidation sites excluding steroid dienone is 1. The quantitative estimate of drug-likeness (QED) is 0.833. The molecule has 0 aliphatic carbocycles. The van der Waals surface area contributed by atoms with E-state index in [0.29, 0.717) is 11.3 Å². The summed E-state index contributed by atoms with van der Waals surface area (Å²) in [6.07, 6.45) is 0.551. The average Bonchev–Trinajstić information content (AvgIpc) is 2.60. The van der Waals surface area contributed by atoms with Gasteiger partial charge in [-0.15, -0.1) is 0 Å². The molecule has 2 atom stereocenters. The van der Waals surface area contributed by atoms with Crippen LogP contribution in [0, 0.1) is 0 Å². The molecule has 0 spiro atoms. The highest BCUT2D eigenvalue weighted by Crippen LogP contribution is 2.32. The number of nitrogens with one attached hydrogen (secondary N) is 2. The van der Waals surface area contributed by atoms with Crippen molar-refractivity contribution in [2.45, 2.75) is 39.3 Å². The van der Waals surface area contributed by atoms with Crippen LogP contribution in [0.25, 0.3) is 10.8 Å². The van der Waals surface area contributed by atoms with E-state index in [1.54, 1.807) is 6.92 Å². The Balaban J connectivity index is 2.09. The number of hydrogen-bond acceptors (Lipinski definition) is 3. The molecule has 0 fully saturated rings. The Bertz CT molecular complexity index is 852. The van der Waals surface area contributed by atoms with E-state index < -0.39 is 12.0 Å². The number of esters is 1. The fourth-order valence-electron chi connectivity index (χ4n) is 3.03. The zero-order chi connectivity index (χ0) is 18.0. The summed E-state index contributed by atoms with van der Waals surface area (Å²) in [6, 6.07) is 12.9. The Hall–Kier alpha value is -2.82. The first-order valence-corrected chi connectivity index (χ1v) is 8.48. The van der Waals surface area contributed by atoms with Crippen molar-refractivity contribution < 1.29 is 14.3 Å². The summed E-state index contributed by atoms with van der Waals surface area (Å²) in [5.41, 5.74) is 1.84. The van der Waals surface area contributed by atoms with Gasteiger partial charge >= 0.3 is 12.0 Å². The second kappa shape index (κ2) is 6.97. The molecular weight excluding hydrogens is 316 g/mol. The van der Waals surface area contributed by atoms with Crippen LogP contribution in [0.5, 0.6) is 0 Å². The lowest BCUT2D eigenvalue weighted by atomic mass is 9.91. The van der Waals surface area contributed by atoms with Gasteiger partial charge in [-0.2, -0.15) is 0 Å². The summed E-state index contributed by atoms with van der Waals surface area (Å²) < 4.78 is 5.52. The number of amides is 2. The number of carbonyl (C=O) groups is 2.